The number of benzene rings is 1. The Balaban J connectivity index is 1.43. The lowest BCUT2D eigenvalue weighted by Crippen LogP contribution is -2.36. The third-order valence-corrected chi connectivity index (χ3v) is 5.67. The summed E-state index contributed by atoms with van der Waals surface area (Å²) < 4.78 is 4.91. The number of aromatic nitrogens is 1. The molecule has 27 heavy (non-hydrogen) atoms. The molecule has 1 aromatic heterocycles. The Hall–Kier alpha value is -1.85. The highest BCUT2D eigenvalue weighted by atomic mass is 35.5. The van der Waals surface area contributed by atoms with Crippen LogP contribution in [0, 0.1) is 6.92 Å². The minimum absolute atomic E-state index is 0.00196. The van der Waals surface area contributed by atoms with Gasteiger partial charge in [0.2, 0.25) is 11.1 Å². The zero-order valence-electron chi connectivity index (χ0n) is 16.1. The first-order chi connectivity index (χ1) is 13.0. The largest absolute Gasteiger partial charge is 0.352 e. The molecular formula is C21H28ClN3O2. The number of hydrogen-bond acceptors (Lipinski definition) is 4. The topological polar surface area (TPSA) is 58.4 Å². The van der Waals surface area contributed by atoms with E-state index < -0.39 is 0 Å². The minimum atomic E-state index is -0.00196. The maximum Gasteiger partial charge on any atom is 0.229 e. The molecule has 5 nitrogen and oxygen atoms in total. The van der Waals surface area contributed by atoms with Gasteiger partial charge in [0, 0.05) is 31.1 Å². The molecule has 1 aromatic carbocycles. The van der Waals surface area contributed by atoms with Crippen molar-refractivity contribution in [2.24, 2.45) is 0 Å². The standard InChI is InChI=1S/C21H28ClN3O2/c1-15-5-3-4-12-25(15)14-18-8-6-17(7-9-18)13-23-20(26)11-10-19-16(2)24-27-21(19)22/h6-9,15H,3-5,10-14H2,1-2H3,(H,23,26). The molecule has 2 aromatic rings. The van der Waals surface area contributed by atoms with Gasteiger partial charge in [-0.2, -0.15) is 0 Å². The summed E-state index contributed by atoms with van der Waals surface area (Å²) in [6.45, 7) is 6.88. The predicted molar refractivity (Wildman–Crippen MR) is 107 cm³/mol. The summed E-state index contributed by atoms with van der Waals surface area (Å²) in [5.74, 6) is -0.00196. The van der Waals surface area contributed by atoms with Gasteiger partial charge >= 0.3 is 0 Å². The van der Waals surface area contributed by atoms with E-state index in [4.69, 9.17) is 16.1 Å². The summed E-state index contributed by atoms with van der Waals surface area (Å²) in [6, 6.07) is 9.21. The molecule has 1 aliphatic rings. The molecule has 0 spiro atoms. The Morgan fingerprint density at radius 1 is 1.30 bits per heavy atom. The van der Waals surface area contributed by atoms with E-state index in [1.54, 1.807) is 0 Å². The number of nitrogens with zero attached hydrogens (tertiary/aromatic N) is 2. The number of hydrogen-bond donors (Lipinski definition) is 1. The van der Waals surface area contributed by atoms with Gasteiger partial charge in [-0.3, -0.25) is 9.69 Å². The monoisotopic (exact) mass is 389 g/mol. The molecule has 6 heteroatoms. The van der Waals surface area contributed by atoms with Crippen molar-refractivity contribution >= 4 is 17.5 Å². The average molecular weight is 390 g/mol. The van der Waals surface area contributed by atoms with Crippen molar-refractivity contribution in [3.8, 4) is 0 Å². The Morgan fingerprint density at radius 3 is 2.70 bits per heavy atom. The molecule has 1 unspecified atom stereocenters. The quantitative estimate of drug-likeness (QED) is 0.768. The van der Waals surface area contributed by atoms with Gasteiger partial charge in [0.05, 0.1) is 5.69 Å². The fourth-order valence-electron chi connectivity index (χ4n) is 3.56. The van der Waals surface area contributed by atoms with Crippen LogP contribution in [0.2, 0.25) is 5.22 Å². The van der Waals surface area contributed by atoms with Crippen LogP contribution >= 0.6 is 11.6 Å². The van der Waals surface area contributed by atoms with Crippen molar-refractivity contribution < 1.29 is 9.32 Å². The number of aryl methyl sites for hydroxylation is 1. The molecular weight excluding hydrogens is 362 g/mol. The Labute approximate surface area is 166 Å². The number of carbonyl (C=O) groups excluding carboxylic acids is 1. The predicted octanol–water partition coefficient (Wildman–Crippen LogP) is 4.26. The van der Waals surface area contributed by atoms with E-state index in [-0.39, 0.29) is 11.1 Å². The minimum Gasteiger partial charge on any atom is -0.352 e. The highest BCUT2D eigenvalue weighted by Gasteiger charge is 2.18. The maximum atomic E-state index is 12.1. The zero-order chi connectivity index (χ0) is 19.2. The van der Waals surface area contributed by atoms with E-state index in [2.05, 4.69) is 46.6 Å². The number of halogens is 1. The molecule has 0 aliphatic carbocycles. The fourth-order valence-corrected chi connectivity index (χ4v) is 3.82. The average Bonchev–Trinajstić information content (AvgIpc) is 2.99. The fraction of sp³-hybridized carbons (Fsp3) is 0.524. The van der Waals surface area contributed by atoms with Crippen LogP contribution in [0.25, 0.3) is 0 Å². The molecule has 2 heterocycles. The van der Waals surface area contributed by atoms with Gasteiger partial charge < -0.3 is 9.84 Å². The van der Waals surface area contributed by atoms with Crippen LogP contribution in [-0.2, 0) is 24.3 Å². The summed E-state index contributed by atoms with van der Waals surface area (Å²) in [6.07, 6.45) is 4.84. The van der Waals surface area contributed by atoms with Gasteiger partial charge in [0.15, 0.2) is 0 Å². The Bertz CT molecular complexity index is 738. The van der Waals surface area contributed by atoms with E-state index in [0.717, 1.165) is 23.4 Å². The lowest BCUT2D eigenvalue weighted by atomic mass is 10.0. The van der Waals surface area contributed by atoms with Crippen molar-refractivity contribution in [2.75, 3.05) is 6.54 Å². The molecule has 146 valence electrons. The van der Waals surface area contributed by atoms with Gasteiger partial charge in [-0.1, -0.05) is 35.8 Å². The number of amides is 1. The van der Waals surface area contributed by atoms with Crippen LogP contribution in [0.1, 0.15) is 55.0 Å². The van der Waals surface area contributed by atoms with Crippen LogP contribution in [0.15, 0.2) is 28.8 Å². The van der Waals surface area contributed by atoms with E-state index in [9.17, 15) is 4.79 Å². The number of piperidine rings is 1. The second-order valence-corrected chi connectivity index (χ2v) is 7.77. The van der Waals surface area contributed by atoms with Gasteiger partial charge in [-0.15, -0.1) is 0 Å². The van der Waals surface area contributed by atoms with Crippen molar-refractivity contribution in [1.29, 1.82) is 0 Å². The van der Waals surface area contributed by atoms with Crippen LogP contribution < -0.4 is 5.32 Å². The van der Waals surface area contributed by atoms with Crippen LogP contribution in [0.5, 0.6) is 0 Å². The molecule has 0 radical (unpaired) electrons. The molecule has 1 N–H and O–H groups in total. The molecule has 0 saturated carbocycles. The molecule has 1 amide bonds. The maximum absolute atomic E-state index is 12.1. The van der Waals surface area contributed by atoms with Crippen LogP contribution in [-0.4, -0.2) is 28.6 Å². The Kier molecular flexibility index (Phi) is 6.91. The first kappa shape index (κ1) is 19.9. The Morgan fingerprint density at radius 2 is 2.04 bits per heavy atom. The van der Waals surface area contributed by atoms with Gasteiger partial charge in [-0.05, 0) is 62.4 Å². The SMILES string of the molecule is Cc1noc(Cl)c1CCC(=O)NCc1ccc(CN2CCCCC2C)cc1. The van der Waals surface area contributed by atoms with Crippen molar-refractivity contribution in [2.45, 2.75) is 65.1 Å². The summed E-state index contributed by atoms with van der Waals surface area (Å²) in [5.41, 5.74) is 3.99. The normalized spacial score (nSPS) is 17.8. The van der Waals surface area contributed by atoms with E-state index >= 15 is 0 Å². The summed E-state index contributed by atoms with van der Waals surface area (Å²) >= 11 is 5.93. The second-order valence-electron chi connectivity index (χ2n) is 7.43. The van der Waals surface area contributed by atoms with E-state index in [0.29, 0.717) is 25.4 Å². The number of nitrogens with one attached hydrogen (secondary N) is 1. The summed E-state index contributed by atoms with van der Waals surface area (Å²) in [4.78, 5) is 14.6. The van der Waals surface area contributed by atoms with Gasteiger partial charge in [-0.25, -0.2) is 0 Å². The number of likely N-dealkylation sites (tertiary alicyclic amines) is 1. The molecule has 3 rings (SSSR count). The number of rotatable bonds is 7. The smallest absolute Gasteiger partial charge is 0.229 e. The molecule has 1 saturated heterocycles. The molecule has 1 aliphatic heterocycles. The van der Waals surface area contributed by atoms with Gasteiger partial charge in [0.1, 0.15) is 0 Å². The van der Waals surface area contributed by atoms with Crippen molar-refractivity contribution in [3.63, 3.8) is 0 Å². The molecule has 1 atom stereocenters. The lowest BCUT2D eigenvalue weighted by Gasteiger charge is -2.33. The van der Waals surface area contributed by atoms with Crippen LogP contribution in [0.3, 0.4) is 0 Å². The van der Waals surface area contributed by atoms with E-state index in [1.807, 2.05) is 6.92 Å². The van der Waals surface area contributed by atoms with E-state index in [1.165, 1.54) is 31.4 Å². The first-order valence-electron chi connectivity index (χ1n) is 9.72. The van der Waals surface area contributed by atoms with Gasteiger partial charge in [0.25, 0.3) is 0 Å². The first-order valence-corrected chi connectivity index (χ1v) is 10.1. The lowest BCUT2D eigenvalue weighted by molar-refractivity contribution is -0.121. The van der Waals surface area contributed by atoms with Crippen molar-refractivity contribution in [1.82, 2.24) is 15.4 Å². The third-order valence-electron chi connectivity index (χ3n) is 5.38. The zero-order valence-corrected chi connectivity index (χ0v) is 16.9. The number of carbonyl (C=O) groups is 1. The molecule has 1 fully saturated rings. The highest BCUT2D eigenvalue weighted by Crippen LogP contribution is 2.21. The second kappa shape index (κ2) is 9.38. The summed E-state index contributed by atoms with van der Waals surface area (Å²) in [7, 11) is 0. The van der Waals surface area contributed by atoms with Crippen LogP contribution in [0.4, 0.5) is 0 Å². The molecule has 0 bridgehead atoms. The summed E-state index contributed by atoms with van der Waals surface area (Å²) in [5, 5.41) is 7.04. The third kappa shape index (κ3) is 5.56. The van der Waals surface area contributed by atoms with Crippen molar-refractivity contribution in [3.05, 3.63) is 51.9 Å². The highest BCUT2D eigenvalue weighted by molar-refractivity contribution is 6.29.